The van der Waals surface area contributed by atoms with E-state index in [0.717, 1.165) is 6.54 Å². The second kappa shape index (κ2) is 5.23. The van der Waals surface area contributed by atoms with E-state index in [1.54, 1.807) is 0 Å². The number of thioether (sulfide) groups is 1. The average Bonchev–Trinajstić information content (AvgIpc) is 2.19. The van der Waals surface area contributed by atoms with Crippen molar-refractivity contribution in [2.24, 2.45) is 5.92 Å². The van der Waals surface area contributed by atoms with Gasteiger partial charge in [0.15, 0.2) is 0 Å². The number of rotatable bonds is 4. The summed E-state index contributed by atoms with van der Waals surface area (Å²) in [6.45, 7) is 3.18. The summed E-state index contributed by atoms with van der Waals surface area (Å²) in [4.78, 5) is 0. The van der Waals surface area contributed by atoms with Gasteiger partial charge in [0.25, 0.3) is 0 Å². The van der Waals surface area contributed by atoms with Crippen molar-refractivity contribution >= 4 is 11.8 Å². The number of methoxy groups -OCH3 is 1. The zero-order chi connectivity index (χ0) is 9.73. The van der Waals surface area contributed by atoms with Gasteiger partial charge in [-0.1, -0.05) is 0 Å². The molecule has 1 rings (SSSR count). The van der Waals surface area contributed by atoms with E-state index < -0.39 is 0 Å². The minimum Gasteiger partial charge on any atom is -0.377 e. The SMILES string of the molecule is CNCC(C)(OC)C1CCCSC1. The van der Waals surface area contributed by atoms with Crippen LogP contribution in [-0.4, -0.2) is 37.8 Å². The molecular formula is C10H21NOS. The van der Waals surface area contributed by atoms with E-state index in [9.17, 15) is 0 Å². The lowest BCUT2D eigenvalue weighted by molar-refractivity contribution is -0.0368. The summed E-state index contributed by atoms with van der Waals surface area (Å²) in [5, 5.41) is 3.22. The Balaban J connectivity index is 2.51. The standard InChI is InChI=1S/C10H21NOS/c1-10(12-3,8-11-2)9-5-4-6-13-7-9/h9,11H,4-8H2,1-3H3. The molecule has 0 aromatic heterocycles. The fourth-order valence-electron chi connectivity index (χ4n) is 1.96. The van der Waals surface area contributed by atoms with Crippen molar-refractivity contribution in [3.63, 3.8) is 0 Å². The van der Waals surface area contributed by atoms with E-state index in [1.165, 1.54) is 24.3 Å². The molecule has 0 aromatic rings. The van der Waals surface area contributed by atoms with Gasteiger partial charge >= 0.3 is 0 Å². The highest BCUT2D eigenvalue weighted by molar-refractivity contribution is 7.99. The fraction of sp³-hybridized carbons (Fsp3) is 1.00. The Labute approximate surface area is 85.8 Å². The van der Waals surface area contributed by atoms with Gasteiger partial charge in [-0.25, -0.2) is 0 Å². The molecule has 3 heteroatoms. The molecule has 78 valence electrons. The highest BCUT2D eigenvalue weighted by Crippen LogP contribution is 2.32. The van der Waals surface area contributed by atoms with Crippen LogP contribution < -0.4 is 5.32 Å². The van der Waals surface area contributed by atoms with Crippen LogP contribution in [0.1, 0.15) is 19.8 Å². The lowest BCUT2D eigenvalue weighted by atomic mass is 9.86. The molecule has 0 bridgehead atoms. The Morgan fingerprint density at radius 1 is 1.62 bits per heavy atom. The van der Waals surface area contributed by atoms with Gasteiger partial charge in [-0.2, -0.15) is 11.8 Å². The molecule has 1 heterocycles. The van der Waals surface area contributed by atoms with Gasteiger partial charge in [-0.15, -0.1) is 0 Å². The van der Waals surface area contributed by atoms with Crippen LogP contribution in [0.25, 0.3) is 0 Å². The van der Waals surface area contributed by atoms with Crippen molar-refractivity contribution in [3.8, 4) is 0 Å². The van der Waals surface area contributed by atoms with Crippen molar-refractivity contribution < 1.29 is 4.74 Å². The molecular weight excluding hydrogens is 182 g/mol. The Kier molecular flexibility index (Phi) is 4.56. The fourth-order valence-corrected chi connectivity index (χ4v) is 3.30. The quantitative estimate of drug-likeness (QED) is 0.752. The predicted molar refractivity (Wildman–Crippen MR) is 59.4 cm³/mol. The van der Waals surface area contributed by atoms with E-state index in [2.05, 4.69) is 24.0 Å². The van der Waals surface area contributed by atoms with Crippen molar-refractivity contribution in [2.45, 2.75) is 25.4 Å². The zero-order valence-corrected chi connectivity index (χ0v) is 9.75. The van der Waals surface area contributed by atoms with Crippen LogP contribution in [0.4, 0.5) is 0 Å². The van der Waals surface area contributed by atoms with Crippen LogP contribution in [0, 0.1) is 5.92 Å². The minimum absolute atomic E-state index is 0.0299. The normalized spacial score (nSPS) is 28.4. The van der Waals surface area contributed by atoms with Crippen LogP contribution in [0.3, 0.4) is 0 Å². The van der Waals surface area contributed by atoms with Gasteiger partial charge in [0.1, 0.15) is 0 Å². The predicted octanol–water partition coefficient (Wildman–Crippen LogP) is 1.75. The van der Waals surface area contributed by atoms with Crippen LogP contribution >= 0.6 is 11.8 Å². The van der Waals surface area contributed by atoms with Gasteiger partial charge in [0.05, 0.1) is 5.60 Å². The average molecular weight is 203 g/mol. The maximum atomic E-state index is 5.64. The summed E-state index contributed by atoms with van der Waals surface area (Å²) in [5.41, 5.74) is 0.0299. The Morgan fingerprint density at radius 2 is 2.38 bits per heavy atom. The largest absolute Gasteiger partial charge is 0.377 e. The van der Waals surface area contributed by atoms with Gasteiger partial charge in [-0.3, -0.25) is 0 Å². The molecule has 2 unspecified atom stereocenters. The highest BCUT2D eigenvalue weighted by Gasteiger charge is 2.34. The molecule has 1 saturated heterocycles. The maximum absolute atomic E-state index is 5.64. The summed E-state index contributed by atoms with van der Waals surface area (Å²) in [7, 11) is 3.82. The van der Waals surface area contributed by atoms with Crippen molar-refractivity contribution in [1.82, 2.24) is 5.32 Å². The first-order valence-corrected chi connectivity index (χ1v) is 6.16. The van der Waals surface area contributed by atoms with Gasteiger partial charge in [-0.05, 0) is 44.2 Å². The van der Waals surface area contributed by atoms with E-state index >= 15 is 0 Å². The summed E-state index contributed by atoms with van der Waals surface area (Å²) in [5.74, 6) is 3.30. The van der Waals surface area contributed by atoms with E-state index in [4.69, 9.17) is 4.74 Å². The van der Waals surface area contributed by atoms with E-state index in [-0.39, 0.29) is 5.60 Å². The van der Waals surface area contributed by atoms with Crippen molar-refractivity contribution in [3.05, 3.63) is 0 Å². The van der Waals surface area contributed by atoms with Crippen LogP contribution in [0.5, 0.6) is 0 Å². The molecule has 13 heavy (non-hydrogen) atoms. The van der Waals surface area contributed by atoms with E-state index in [0.29, 0.717) is 5.92 Å². The first-order valence-electron chi connectivity index (χ1n) is 5.00. The number of ether oxygens (including phenoxy) is 1. The number of likely N-dealkylation sites (N-methyl/N-ethyl adjacent to an activating group) is 1. The first kappa shape index (κ1) is 11.3. The molecule has 0 radical (unpaired) electrons. The molecule has 2 atom stereocenters. The topological polar surface area (TPSA) is 21.3 Å². The maximum Gasteiger partial charge on any atom is 0.0810 e. The number of hydrogen-bond donors (Lipinski definition) is 1. The lowest BCUT2D eigenvalue weighted by Crippen LogP contribution is -2.47. The summed E-state index contributed by atoms with van der Waals surface area (Å²) in [6, 6.07) is 0. The van der Waals surface area contributed by atoms with Crippen molar-refractivity contribution in [1.29, 1.82) is 0 Å². The molecule has 1 aliphatic rings. The Hall–Kier alpha value is 0.270. The monoisotopic (exact) mass is 203 g/mol. The highest BCUT2D eigenvalue weighted by atomic mass is 32.2. The molecule has 2 nitrogen and oxygen atoms in total. The van der Waals surface area contributed by atoms with Gasteiger partial charge in [0.2, 0.25) is 0 Å². The second-order valence-electron chi connectivity index (χ2n) is 3.96. The molecule has 1 aliphatic heterocycles. The number of hydrogen-bond acceptors (Lipinski definition) is 3. The smallest absolute Gasteiger partial charge is 0.0810 e. The second-order valence-corrected chi connectivity index (χ2v) is 5.11. The zero-order valence-electron chi connectivity index (χ0n) is 8.93. The minimum atomic E-state index is 0.0299. The van der Waals surface area contributed by atoms with Gasteiger partial charge in [0, 0.05) is 13.7 Å². The van der Waals surface area contributed by atoms with E-state index in [1.807, 2.05) is 14.2 Å². The first-order chi connectivity index (χ1) is 6.23. The van der Waals surface area contributed by atoms with Crippen LogP contribution in [0.15, 0.2) is 0 Å². The molecule has 0 amide bonds. The summed E-state index contributed by atoms with van der Waals surface area (Å²) < 4.78 is 5.64. The van der Waals surface area contributed by atoms with Crippen LogP contribution in [-0.2, 0) is 4.74 Å². The van der Waals surface area contributed by atoms with Crippen molar-refractivity contribution in [2.75, 3.05) is 32.2 Å². The third-order valence-electron chi connectivity index (χ3n) is 3.02. The third-order valence-corrected chi connectivity index (χ3v) is 4.23. The molecule has 0 aliphatic carbocycles. The number of nitrogens with one attached hydrogen (secondary N) is 1. The summed E-state index contributed by atoms with van der Waals surface area (Å²) in [6.07, 6.45) is 2.66. The van der Waals surface area contributed by atoms with Crippen LogP contribution in [0.2, 0.25) is 0 Å². The molecule has 1 fully saturated rings. The Morgan fingerprint density at radius 3 is 2.85 bits per heavy atom. The molecule has 1 N–H and O–H groups in total. The lowest BCUT2D eigenvalue weighted by Gasteiger charge is -2.38. The molecule has 0 aromatic carbocycles. The Bertz CT molecular complexity index is 148. The van der Waals surface area contributed by atoms with Gasteiger partial charge < -0.3 is 10.1 Å². The third kappa shape index (κ3) is 2.86. The summed E-state index contributed by atoms with van der Waals surface area (Å²) >= 11 is 2.06. The molecule has 0 saturated carbocycles. The molecule has 0 spiro atoms.